The fourth-order valence-corrected chi connectivity index (χ4v) is 2.01. The third kappa shape index (κ3) is 5.61. The first-order valence-corrected chi connectivity index (χ1v) is 7.15. The van der Waals surface area contributed by atoms with E-state index in [1.807, 2.05) is 13.8 Å². The van der Waals surface area contributed by atoms with E-state index in [9.17, 15) is 9.59 Å². The highest BCUT2D eigenvalue weighted by molar-refractivity contribution is 9.10. The molecule has 0 fully saturated rings. The largest absolute Gasteiger partial charge is 0.481 e. The van der Waals surface area contributed by atoms with Crippen molar-refractivity contribution < 1.29 is 19.1 Å². The van der Waals surface area contributed by atoms with Gasteiger partial charge < -0.3 is 14.4 Å². The molecule has 0 radical (unpaired) electrons. The van der Waals surface area contributed by atoms with E-state index >= 15 is 0 Å². The lowest BCUT2D eigenvalue weighted by atomic mass is 10.2. The van der Waals surface area contributed by atoms with Crippen LogP contribution < -0.4 is 0 Å². The van der Waals surface area contributed by atoms with E-state index in [2.05, 4.69) is 15.9 Å². The van der Waals surface area contributed by atoms with Gasteiger partial charge in [0, 0.05) is 25.1 Å². The molecule has 0 aliphatic carbocycles. The summed E-state index contributed by atoms with van der Waals surface area (Å²) in [5, 5.41) is 8.62. The van der Waals surface area contributed by atoms with Crippen molar-refractivity contribution in [2.45, 2.75) is 32.7 Å². The lowest BCUT2D eigenvalue weighted by Crippen LogP contribution is -2.36. The van der Waals surface area contributed by atoms with E-state index in [4.69, 9.17) is 9.52 Å². The number of nitrogens with zero attached hydrogens (tertiary/aromatic N) is 1. The molecule has 1 amide bonds. The maximum Gasteiger partial charge on any atom is 0.303 e. The van der Waals surface area contributed by atoms with E-state index in [1.165, 1.54) is 6.08 Å². The first-order valence-electron chi connectivity index (χ1n) is 6.36. The van der Waals surface area contributed by atoms with Crippen LogP contribution in [0.5, 0.6) is 0 Å². The summed E-state index contributed by atoms with van der Waals surface area (Å²) < 4.78 is 5.87. The van der Waals surface area contributed by atoms with Gasteiger partial charge in [-0.3, -0.25) is 9.59 Å². The van der Waals surface area contributed by atoms with Crippen molar-refractivity contribution in [1.29, 1.82) is 0 Å². The Bertz CT molecular complexity index is 493. The van der Waals surface area contributed by atoms with Crippen LogP contribution in [0.4, 0.5) is 0 Å². The Hall–Kier alpha value is -1.56. The second-order valence-corrected chi connectivity index (χ2v) is 5.38. The molecule has 0 atom stereocenters. The molecule has 0 bridgehead atoms. The van der Waals surface area contributed by atoms with Crippen molar-refractivity contribution in [2.24, 2.45) is 0 Å². The summed E-state index contributed by atoms with van der Waals surface area (Å²) in [6.45, 7) is 4.22. The number of carboxylic acid groups (broad SMARTS) is 1. The molecular weight excluding hydrogens is 326 g/mol. The average molecular weight is 344 g/mol. The molecular formula is C14H18BrNO4. The van der Waals surface area contributed by atoms with Crippen molar-refractivity contribution in [3.63, 3.8) is 0 Å². The highest BCUT2D eigenvalue weighted by Crippen LogP contribution is 2.15. The SMILES string of the molecule is CC(C)N(CCCC(=O)O)C(=O)/C=C/c1ccc(Br)o1. The van der Waals surface area contributed by atoms with Crippen LogP contribution in [-0.4, -0.2) is 34.5 Å². The molecule has 20 heavy (non-hydrogen) atoms. The fourth-order valence-electron chi connectivity index (χ4n) is 1.69. The van der Waals surface area contributed by atoms with E-state index in [0.29, 0.717) is 23.4 Å². The molecule has 1 rings (SSSR count). The fraction of sp³-hybridized carbons (Fsp3) is 0.429. The van der Waals surface area contributed by atoms with Crippen molar-refractivity contribution in [2.75, 3.05) is 6.54 Å². The zero-order chi connectivity index (χ0) is 15.1. The molecule has 0 aliphatic rings. The van der Waals surface area contributed by atoms with Gasteiger partial charge in [-0.25, -0.2) is 0 Å². The number of hydrogen-bond acceptors (Lipinski definition) is 3. The third-order valence-electron chi connectivity index (χ3n) is 2.68. The van der Waals surface area contributed by atoms with Gasteiger partial charge in [-0.1, -0.05) is 0 Å². The van der Waals surface area contributed by atoms with Crippen LogP contribution in [0.1, 0.15) is 32.4 Å². The Balaban J connectivity index is 2.59. The maximum atomic E-state index is 12.1. The van der Waals surface area contributed by atoms with Crippen molar-refractivity contribution >= 4 is 33.9 Å². The zero-order valence-corrected chi connectivity index (χ0v) is 13.1. The van der Waals surface area contributed by atoms with Crippen LogP contribution >= 0.6 is 15.9 Å². The number of halogens is 1. The second-order valence-electron chi connectivity index (χ2n) is 4.60. The first kappa shape index (κ1) is 16.5. The van der Waals surface area contributed by atoms with Crippen LogP contribution in [0.15, 0.2) is 27.3 Å². The summed E-state index contributed by atoms with van der Waals surface area (Å²) in [4.78, 5) is 24.2. The number of carboxylic acids is 1. The lowest BCUT2D eigenvalue weighted by Gasteiger charge is -2.25. The van der Waals surface area contributed by atoms with Gasteiger partial charge in [-0.05, 0) is 54.4 Å². The normalized spacial score (nSPS) is 11.2. The number of rotatable bonds is 7. The van der Waals surface area contributed by atoms with Gasteiger partial charge >= 0.3 is 5.97 Å². The molecule has 1 heterocycles. The maximum absolute atomic E-state index is 12.1. The number of amides is 1. The molecule has 0 saturated heterocycles. The van der Waals surface area contributed by atoms with Crippen molar-refractivity contribution in [3.8, 4) is 0 Å². The smallest absolute Gasteiger partial charge is 0.303 e. The Morgan fingerprint density at radius 2 is 2.15 bits per heavy atom. The Morgan fingerprint density at radius 1 is 1.45 bits per heavy atom. The van der Waals surface area contributed by atoms with Gasteiger partial charge in [-0.15, -0.1) is 0 Å². The van der Waals surface area contributed by atoms with Crippen molar-refractivity contribution in [1.82, 2.24) is 4.90 Å². The van der Waals surface area contributed by atoms with Crippen LogP contribution in [0.2, 0.25) is 0 Å². The molecule has 5 nitrogen and oxygen atoms in total. The summed E-state index contributed by atoms with van der Waals surface area (Å²) in [6.07, 6.45) is 3.54. The van der Waals surface area contributed by atoms with E-state index in [0.717, 1.165) is 0 Å². The average Bonchev–Trinajstić information content (AvgIpc) is 2.77. The summed E-state index contributed by atoms with van der Waals surface area (Å²) in [5.41, 5.74) is 0. The number of aliphatic carboxylic acids is 1. The zero-order valence-electron chi connectivity index (χ0n) is 11.5. The molecule has 6 heteroatoms. The van der Waals surface area contributed by atoms with Crippen LogP contribution in [0.3, 0.4) is 0 Å². The Morgan fingerprint density at radius 3 is 2.65 bits per heavy atom. The van der Waals surface area contributed by atoms with E-state index < -0.39 is 5.97 Å². The molecule has 0 spiro atoms. The van der Waals surface area contributed by atoms with E-state index in [1.54, 1.807) is 23.1 Å². The molecule has 0 unspecified atom stereocenters. The molecule has 0 aromatic carbocycles. The van der Waals surface area contributed by atoms with Gasteiger partial charge in [0.25, 0.3) is 0 Å². The molecule has 1 aromatic heterocycles. The van der Waals surface area contributed by atoms with Gasteiger partial charge in [0.1, 0.15) is 5.76 Å². The highest BCUT2D eigenvalue weighted by atomic mass is 79.9. The van der Waals surface area contributed by atoms with Crippen LogP contribution in [0, 0.1) is 0 Å². The predicted molar refractivity (Wildman–Crippen MR) is 79.2 cm³/mol. The van der Waals surface area contributed by atoms with Crippen LogP contribution in [0.25, 0.3) is 6.08 Å². The topological polar surface area (TPSA) is 70.8 Å². The monoisotopic (exact) mass is 343 g/mol. The first-order chi connectivity index (χ1) is 9.40. The van der Waals surface area contributed by atoms with Gasteiger partial charge in [-0.2, -0.15) is 0 Å². The van der Waals surface area contributed by atoms with Crippen LogP contribution in [-0.2, 0) is 9.59 Å². The molecule has 110 valence electrons. The molecule has 1 aromatic rings. The molecule has 1 N–H and O–H groups in total. The molecule has 0 saturated carbocycles. The number of carbonyl (C=O) groups is 2. The quantitative estimate of drug-likeness (QED) is 0.772. The third-order valence-corrected chi connectivity index (χ3v) is 3.11. The molecule has 0 aliphatic heterocycles. The van der Waals surface area contributed by atoms with E-state index in [-0.39, 0.29) is 18.4 Å². The minimum atomic E-state index is -0.850. The summed E-state index contributed by atoms with van der Waals surface area (Å²) in [7, 11) is 0. The Kier molecular flexibility index (Phi) is 6.51. The van der Waals surface area contributed by atoms with Gasteiger partial charge in [0.2, 0.25) is 5.91 Å². The minimum absolute atomic E-state index is 0.0179. The predicted octanol–water partition coefficient (Wildman–Crippen LogP) is 3.16. The second kappa shape index (κ2) is 7.89. The number of carbonyl (C=O) groups excluding carboxylic acids is 1. The lowest BCUT2D eigenvalue weighted by molar-refractivity contribution is -0.138. The highest BCUT2D eigenvalue weighted by Gasteiger charge is 2.14. The summed E-state index contributed by atoms with van der Waals surface area (Å²) in [6, 6.07) is 3.51. The summed E-state index contributed by atoms with van der Waals surface area (Å²) >= 11 is 3.19. The summed E-state index contributed by atoms with van der Waals surface area (Å²) in [5.74, 6) is -0.422. The van der Waals surface area contributed by atoms with Gasteiger partial charge in [0.05, 0.1) is 0 Å². The van der Waals surface area contributed by atoms with Gasteiger partial charge in [0.15, 0.2) is 4.67 Å². The number of furan rings is 1. The van der Waals surface area contributed by atoms with Crippen molar-refractivity contribution in [3.05, 3.63) is 28.6 Å². The number of hydrogen-bond donors (Lipinski definition) is 1. The minimum Gasteiger partial charge on any atom is -0.481 e. The Labute approximate surface area is 126 Å². The standard InChI is InChI=1S/C14H18BrNO4/c1-10(2)16(9-3-4-14(18)19)13(17)8-6-11-5-7-12(15)20-11/h5-8,10H,3-4,9H2,1-2H3,(H,18,19)/b8-6+.